The van der Waals surface area contributed by atoms with Crippen LogP contribution in [0, 0.1) is 11.8 Å². The molecular formula is C27H39F3N2O5. The first kappa shape index (κ1) is 29.2. The minimum absolute atomic E-state index is 0.122. The van der Waals surface area contributed by atoms with Crippen molar-refractivity contribution in [2.24, 2.45) is 11.8 Å². The second-order valence-electron chi connectivity index (χ2n) is 10.8. The van der Waals surface area contributed by atoms with Gasteiger partial charge < -0.3 is 24.8 Å². The normalized spacial score (nSPS) is 21.9. The van der Waals surface area contributed by atoms with Gasteiger partial charge in [-0.15, -0.1) is 0 Å². The molecule has 1 aromatic carbocycles. The van der Waals surface area contributed by atoms with E-state index in [4.69, 9.17) is 19.4 Å². The second-order valence-corrected chi connectivity index (χ2v) is 10.8. The lowest BCUT2D eigenvalue weighted by molar-refractivity contribution is -0.192. The summed E-state index contributed by atoms with van der Waals surface area (Å²) < 4.78 is 43.9. The highest BCUT2D eigenvalue weighted by atomic mass is 19.4. The van der Waals surface area contributed by atoms with Gasteiger partial charge in [-0.1, -0.05) is 32.0 Å². The number of rotatable bonds is 6. The van der Waals surface area contributed by atoms with Gasteiger partial charge in [-0.25, -0.2) is 4.79 Å². The number of hydrogen-bond acceptors (Lipinski definition) is 5. The van der Waals surface area contributed by atoms with Gasteiger partial charge in [-0.3, -0.25) is 4.79 Å². The fraction of sp³-hybridized carbons (Fsp3) is 0.704. The molecule has 7 nitrogen and oxygen atoms in total. The Morgan fingerprint density at radius 2 is 1.78 bits per heavy atom. The lowest BCUT2D eigenvalue weighted by Gasteiger charge is -2.47. The van der Waals surface area contributed by atoms with E-state index in [1.54, 1.807) is 0 Å². The summed E-state index contributed by atoms with van der Waals surface area (Å²) >= 11 is 0. The van der Waals surface area contributed by atoms with Crippen LogP contribution in [0.15, 0.2) is 24.3 Å². The number of ether oxygens (including phenoxy) is 2. The number of aliphatic carboxylic acids is 1. The van der Waals surface area contributed by atoms with Gasteiger partial charge in [0.05, 0.1) is 0 Å². The highest BCUT2D eigenvalue weighted by molar-refractivity contribution is 5.77. The number of carbonyl (C=O) groups is 2. The van der Waals surface area contributed by atoms with E-state index in [1.807, 2.05) is 6.07 Å². The van der Waals surface area contributed by atoms with Gasteiger partial charge in [0.2, 0.25) is 5.91 Å². The first-order chi connectivity index (χ1) is 17.5. The fourth-order valence-electron chi connectivity index (χ4n) is 5.28. The third-order valence-electron chi connectivity index (χ3n) is 7.31. The Hall–Kier alpha value is -2.33. The van der Waals surface area contributed by atoms with E-state index in [0.717, 1.165) is 63.8 Å². The van der Waals surface area contributed by atoms with Gasteiger partial charge in [-0.2, -0.15) is 13.2 Å². The number of nitrogens with one attached hydrogen (secondary N) is 1. The van der Waals surface area contributed by atoms with Crippen LogP contribution in [0.5, 0.6) is 5.75 Å². The zero-order valence-corrected chi connectivity index (χ0v) is 21.7. The molecule has 4 rings (SSSR count). The molecule has 1 spiro atoms. The van der Waals surface area contributed by atoms with Crippen molar-refractivity contribution in [1.29, 1.82) is 0 Å². The number of carboxylic acid groups (broad SMARTS) is 1. The number of hydrogen-bond donors (Lipinski definition) is 2. The summed E-state index contributed by atoms with van der Waals surface area (Å²) in [7, 11) is 0. The molecule has 10 heteroatoms. The van der Waals surface area contributed by atoms with Crippen LogP contribution in [0.25, 0.3) is 0 Å². The summed E-state index contributed by atoms with van der Waals surface area (Å²) in [5, 5.41) is 10.2. The number of fused-ring (bicyclic) bond motifs is 1. The first-order valence-corrected chi connectivity index (χ1v) is 13.1. The molecule has 1 unspecified atom stereocenters. The number of carbonyl (C=O) groups excluding carboxylic acids is 1. The van der Waals surface area contributed by atoms with Crippen molar-refractivity contribution in [3.8, 4) is 5.75 Å². The average molecular weight is 529 g/mol. The van der Waals surface area contributed by atoms with Crippen molar-refractivity contribution in [2.45, 2.75) is 70.1 Å². The van der Waals surface area contributed by atoms with E-state index in [2.05, 4.69) is 42.3 Å². The number of benzene rings is 1. The van der Waals surface area contributed by atoms with Crippen molar-refractivity contribution >= 4 is 11.9 Å². The van der Waals surface area contributed by atoms with E-state index in [0.29, 0.717) is 12.3 Å². The molecule has 2 N–H and O–H groups in total. The van der Waals surface area contributed by atoms with Crippen LogP contribution in [-0.2, 0) is 14.3 Å². The van der Waals surface area contributed by atoms with E-state index in [1.165, 1.54) is 24.9 Å². The van der Waals surface area contributed by atoms with Crippen LogP contribution >= 0.6 is 0 Å². The number of piperidine rings is 1. The zero-order chi connectivity index (χ0) is 27.1. The Bertz CT molecular complexity index is 894. The predicted octanol–water partition coefficient (Wildman–Crippen LogP) is 4.61. The average Bonchev–Trinajstić information content (AvgIpc) is 2.85. The summed E-state index contributed by atoms with van der Waals surface area (Å²) in [6.07, 6.45) is 0.909. The molecule has 3 aliphatic heterocycles. The summed E-state index contributed by atoms with van der Waals surface area (Å²) in [4.78, 5) is 24.1. The maximum Gasteiger partial charge on any atom is 0.490 e. The Kier molecular flexibility index (Phi) is 10.2. The quantitative estimate of drug-likeness (QED) is 0.561. The Morgan fingerprint density at radius 1 is 1.16 bits per heavy atom. The minimum atomic E-state index is -5.08. The van der Waals surface area contributed by atoms with Crippen molar-refractivity contribution < 1.29 is 37.3 Å². The number of nitrogens with zero attached hydrogens (tertiary/aromatic N) is 1. The van der Waals surface area contributed by atoms with Crippen molar-refractivity contribution in [3.05, 3.63) is 29.8 Å². The molecule has 208 valence electrons. The third kappa shape index (κ3) is 8.88. The second kappa shape index (κ2) is 13.0. The molecule has 2 fully saturated rings. The number of para-hydroxylation sites is 1. The van der Waals surface area contributed by atoms with E-state index >= 15 is 0 Å². The van der Waals surface area contributed by atoms with E-state index < -0.39 is 12.1 Å². The van der Waals surface area contributed by atoms with Gasteiger partial charge >= 0.3 is 12.1 Å². The first-order valence-electron chi connectivity index (χ1n) is 13.1. The standard InChI is InChI=1S/C25H38N2O3.C2HF3O2/c1-19(2)17-26-24(28)15-21-16-25(30-23-6-4-3-5-22(21)23)9-11-27(12-10-25)18-20-7-13-29-14-8-20;3-2(4,5)1(6)7/h3-6,19-21H,7-18H2,1-2H3,(H,26,28);(H,6,7). The topological polar surface area (TPSA) is 88.1 Å². The van der Waals surface area contributed by atoms with Crippen LogP contribution in [0.3, 0.4) is 0 Å². The number of halogens is 3. The van der Waals surface area contributed by atoms with Gasteiger partial charge in [0, 0.05) is 51.7 Å². The molecule has 0 saturated carbocycles. The highest BCUT2D eigenvalue weighted by Gasteiger charge is 2.43. The minimum Gasteiger partial charge on any atom is -0.487 e. The van der Waals surface area contributed by atoms with Gasteiger partial charge in [-0.05, 0) is 55.6 Å². The lowest BCUT2D eigenvalue weighted by Crippen LogP contribution is -2.51. The van der Waals surface area contributed by atoms with E-state index in [9.17, 15) is 18.0 Å². The number of likely N-dealkylation sites (tertiary alicyclic amines) is 1. The summed E-state index contributed by atoms with van der Waals surface area (Å²) in [5.74, 6) is -0.113. The van der Waals surface area contributed by atoms with Crippen molar-refractivity contribution in [3.63, 3.8) is 0 Å². The number of amides is 1. The van der Waals surface area contributed by atoms with Crippen molar-refractivity contribution in [2.75, 3.05) is 39.4 Å². The molecule has 37 heavy (non-hydrogen) atoms. The fourth-order valence-corrected chi connectivity index (χ4v) is 5.28. The SMILES string of the molecule is CC(C)CNC(=O)CC1CC2(CCN(CC3CCOCC3)CC2)Oc2ccccc21.O=C(O)C(F)(F)F. The molecule has 1 aromatic rings. The number of alkyl halides is 3. The molecular weight excluding hydrogens is 489 g/mol. The van der Waals surface area contributed by atoms with E-state index in [-0.39, 0.29) is 17.4 Å². The smallest absolute Gasteiger partial charge is 0.487 e. The molecule has 1 amide bonds. The van der Waals surface area contributed by atoms with Crippen LogP contribution in [0.1, 0.15) is 63.9 Å². The Balaban J connectivity index is 0.000000479. The van der Waals surface area contributed by atoms with Crippen LogP contribution < -0.4 is 10.1 Å². The molecule has 0 aliphatic carbocycles. The molecule has 0 bridgehead atoms. The molecule has 3 aliphatic rings. The summed E-state index contributed by atoms with van der Waals surface area (Å²) in [5.41, 5.74) is 1.08. The van der Waals surface area contributed by atoms with Crippen molar-refractivity contribution in [1.82, 2.24) is 10.2 Å². The molecule has 0 aromatic heterocycles. The number of carboxylic acids is 1. The highest BCUT2D eigenvalue weighted by Crippen LogP contribution is 2.46. The van der Waals surface area contributed by atoms with Crippen LogP contribution in [0.2, 0.25) is 0 Å². The summed E-state index contributed by atoms with van der Waals surface area (Å²) in [6.45, 7) is 10.2. The Morgan fingerprint density at radius 3 is 2.38 bits per heavy atom. The van der Waals surface area contributed by atoms with Gasteiger partial charge in [0.25, 0.3) is 0 Å². The lowest BCUT2D eigenvalue weighted by atomic mass is 9.76. The summed E-state index contributed by atoms with van der Waals surface area (Å²) in [6, 6.07) is 8.34. The molecule has 1 atom stereocenters. The maximum absolute atomic E-state index is 12.6. The molecule has 2 saturated heterocycles. The van der Waals surface area contributed by atoms with Crippen LogP contribution in [0.4, 0.5) is 13.2 Å². The van der Waals surface area contributed by atoms with Gasteiger partial charge in [0.15, 0.2) is 0 Å². The zero-order valence-electron chi connectivity index (χ0n) is 21.7. The maximum atomic E-state index is 12.6. The Labute approximate surface area is 216 Å². The van der Waals surface area contributed by atoms with Gasteiger partial charge in [0.1, 0.15) is 11.4 Å². The molecule has 0 radical (unpaired) electrons. The van der Waals surface area contributed by atoms with Crippen LogP contribution in [-0.4, -0.2) is 73.1 Å². The third-order valence-corrected chi connectivity index (χ3v) is 7.31. The largest absolute Gasteiger partial charge is 0.490 e. The predicted molar refractivity (Wildman–Crippen MR) is 133 cm³/mol. The molecule has 3 heterocycles. The monoisotopic (exact) mass is 528 g/mol.